The number of benzene rings is 1. The van der Waals surface area contributed by atoms with Crippen LogP contribution in [-0.2, 0) is 0 Å². The van der Waals surface area contributed by atoms with Crippen molar-refractivity contribution in [2.75, 3.05) is 27.2 Å². The zero-order chi connectivity index (χ0) is 13.9. The minimum absolute atomic E-state index is 0.0265. The first kappa shape index (κ1) is 13.9. The number of carbonyl (C=O) groups excluding carboxylic acids is 1. The number of nitrogens with two attached hydrogens (primary N) is 1. The summed E-state index contributed by atoms with van der Waals surface area (Å²) in [5, 5.41) is 0. The van der Waals surface area contributed by atoms with Gasteiger partial charge < -0.3 is 15.4 Å². The summed E-state index contributed by atoms with van der Waals surface area (Å²) in [7, 11) is 3.45. The third kappa shape index (κ3) is 2.89. The Bertz CT molecular complexity index is 450. The van der Waals surface area contributed by atoms with Gasteiger partial charge in [-0.1, -0.05) is 12.5 Å². The van der Waals surface area contributed by atoms with Crippen molar-refractivity contribution in [1.29, 1.82) is 0 Å². The molecule has 1 aromatic carbocycles. The van der Waals surface area contributed by atoms with Gasteiger partial charge in [0.05, 0.1) is 7.11 Å². The van der Waals surface area contributed by atoms with Gasteiger partial charge in [0.15, 0.2) is 0 Å². The predicted molar refractivity (Wildman–Crippen MR) is 75.3 cm³/mol. The zero-order valence-electron chi connectivity index (χ0n) is 11.7. The van der Waals surface area contributed by atoms with Crippen molar-refractivity contribution >= 4 is 5.91 Å². The van der Waals surface area contributed by atoms with E-state index in [2.05, 4.69) is 0 Å². The van der Waals surface area contributed by atoms with Crippen molar-refractivity contribution in [2.24, 2.45) is 11.1 Å². The standard InChI is InChI=1S/C15H22N2O2/c1-17(11-15(10-16)7-4-8-15)14(18)12-5-3-6-13(9-12)19-2/h3,5-6,9H,4,7-8,10-11,16H2,1-2H3. The average Bonchev–Trinajstić information content (AvgIpc) is 2.41. The highest BCUT2D eigenvalue weighted by atomic mass is 16.5. The van der Waals surface area contributed by atoms with E-state index in [4.69, 9.17) is 10.5 Å². The highest BCUT2D eigenvalue weighted by molar-refractivity contribution is 5.94. The van der Waals surface area contributed by atoms with E-state index in [0.717, 1.165) is 19.4 Å². The number of ether oxygens (including phenoxy) is 1. The molecule has 0 atom stereocenters. The lowest BCUT2D eigenvalue weighted by Gasteiger charge is -2.43. The normalized spacial score (nSPS) is 16.6. The van der Waals surface area contributed by atoms with Gasteiger partial charge in [0, 0.05) is 24.6 Å². The molecule has 4 nitrogen and oxygen atoms in total. The van der Waals surface area contributed by atoms with Crippen molar-refractivity contribution in [3.63, 3.8) is 0 Å². The molecule has 0 aliphatic heterocycles. The van der Waals surface area contributed by atoms with Crippen LogP contribution >= 0.6 is 0 Å². The minimum Gasteiger partial charge on any atom is -0.497 e. The van der Waals surface area contributed by atoms with Crippen LogP contribution in [0.5, 0.6) is 5.75 Å². The number of amides is 1. The smallest absolute Gasteiger partial charge is 0.253 e. The van der Waals surface area contributed by atoms with Crippen LogP contribution in [0, 0.1) is 5.41 Å². The largest absolute Gasteiger partial charge is 0.497 e. The van der Waals surface area contributed by atoms with Gasteiger partial charge in [0.25, 0.3) is 5.91 Å². The molecule has 0 bridgehead atoms. The van der Waals surface area contributed by atoms with E-state index in [1.807, 2.05) is 25.2 Å². The van der Waals surface area contributed by atoms with Gasteiger partial charge in [-0.2, -0.15) is 0 Å². The van der Waals surface area contributed by atoms with Crippen molar-refractivity contribution < 1.29 is 9.53 Å². The molecule has 1 amide bonds. The average molecular weight is 262 g/mol. The first-order valence-corrected chi connectivity index (χ1v) is 6.70. The van der Waals surface area contributed by atoms with Gasteiger partial charge in [0.2, 0.25) is 0 Å². The molecule has 0 spiro atoms. The molecule has 2 rings (SSSR count). The Labute approximate surface area is 114 Å². The molecule has 1 aliphatic carbocycles. The molecule has 0 heterocycles. The van der Waals surface area contributed by atoms with Crippen LogP contribution in [-0.4, -0.2) is 38.1 Å². The van der Waals surface area contributed by atoms with Gasteiger partial charge in [-0.05, 0) is 37.6 Å². The molecular formula is C15H22N2O2. The fourth-order valence-corrected chi connectivity index (χ4v) is 2.65. The van der Waals surface area contributed by atoms with E-state index in [-0.39, 0.29) is 11.3 Å². The Morgan fingerprint density at radius 1 is 1.47 bits per heavy atom. The molecular weight excluding hydrogens is 240 g/mol. The first-order valence-electron chi connectivity index (χ1n) is 6.70. The lowest BCUT2D eigenvalue weighted by molar-refractivity contribution is 0.0568. The highest BCUT2D eigenvalue weighted by Crippen LogP contribution is 2.40. The second kappa shape index (κ2) is 5.61. The van der Waals surface area contributed by atoms with E-state index < -0.39 is 0 Å². The molecule has 1 saturated carbocycles. The maximum Gasteiger partial charge on any atom is 0.253 e. The van der Waals surface area contributed by atoms with Crippen molar-refractivity contribution in [1.82, 2.24) is 4.90 Å². The molecule has 1 fully saturated rings. The molecule has 104 valence electrons. The van der Waals surface area contributed by atoms with Crippen LogP contribution < -0.4 is 10.5 Å². The van der Waals surface area contributed by atoms with E-state index in [1.165, 1.54) is 6.42 Å². The Hall–Kier alpha value is -1.55. The van der Waals surface area contributed by atoms with Crippen LogP contribution in [0.3, 0.4) is 0 Å². The maximum absolute atomic E-state index is 12.4. The molecule has 1 aromatic rings. The van der Waals surface area contributed by atoms with E-state index in [9.17, 15) is 4.79 Å². The third-order valence-electron chi connectivity index (χ3n) is 4.08. The number of methoxy groups -OCH3 is 1. The number of hydrogen-bond acceptors (Lipinski definition) is 3. The molecule has 0 saturated heterocycles. The van der Waals surface area contributed by atoms with E-state index in [0.29, 0.717) is 17.9 Å². The second-order valence-corrected chi connectivity index (χ2v) is 5.45. The predicted octanol–water partition coefficient (Wildman–Crippen LogP) is 1.90. The second-order valence-electron chi connectivity index (χ2n) is 5.45. The Kier molecular flexibility index (Phi) is 4.10. The summed E-state index contributed by atoms with van der Waals surface area (Å²) in [6.07, 6.45) is 3.47. The molecule has 2 N–H and O–H groups in total. The Morgan fingerprint density at radius 2 is 2.21 bits per heavy atom. The SMILES string of the molecule is COc1cccc(C(=O)N(C)CC2(CN)CCC2)c1. The molecule has 1 aliphatic rings. The highest BCUT2D eigenvalue weighted by Gasteiger charge is 2.37. The van der Waals surface area contributed by atoms with Crippen molar-refractivity contribution in [3.05, 3.63) is 29.8 Å². The fourth-order valence-electron chi connectivity index (χ4n) is 2.65. The van der Waals surface area contributed by atoms with E-state index in [1.54, 1.807) is 18.1 Å². The quantitative estimate of drug-likeness (QED) is 0.881. The summed E-state index contributed by atoms with van der Waals surface area (Å²) in [5.41, 5.74) is 6.65. The maximum atomic E-state index is 12.4. The molecule has 19 heavy (non-hydrogen) atoms. The lowest BCUT2D eigenvalue weighted by Crippen LogP contribution is -2.47. The third-order valence-corrected chi connectivity index (χ3v) is 4.08. The zero-order valence-corrected chi connectivity index (χ0v) is 11.7. The van der Waals surface area contributed by atoms with Crippen LogP contribution in [0.4, 0.5) is 0 Å². The van der Waals surface area contributed by atoms with Crippen LogP contribution in [0.15, 0.2) is 24.3 Å². The molecule has 4 heteroatoms. The molecule has 0 aromatic heterocycles. The van der Waals surface area contributed by atoms with Crippen LogP contribution in [0.25, 0.3) is 0 Å². The summed E-state index contributed by atoms with van der Waals surface area (Å²) >= 11 is 0. The number of hydrogen-bond donors (Lipinski definition) is 1. The number of nitrogens with zero attached hydrogens (tertiary/aromatic N) is 1. The summed E-state index contributed by atoms with van der Waals surface area (Å²) in [6, 6.07) is 7.26. The Morgan fingerprint density at radius 3 is 2.74 bits per heavy atom. The van der Waals surface area contributed by atoms with Gasteiger partial charge >= 0.3 is 0 Å². The van der Waals surface area contributed by atoms with Gasteiger partial charge in [-0.25, -0.2) is 0 Å². The fraction of sp³-hybridized carbons (Fsp3) is 0.533. The number of carbonyl (C=O) groups is 1. The summed E-state index contributed by atoms with van der Waals surface area (Å²) in [5.74, 6) is 0.732. The van der Waals surface area contributed by atoms with Crippen molar-refractivity contribution in [2.45, 2.75) is 19.3 Å². The van der Waals surface area contributed by atoms with E-state index >= 15 is 0 Å². The minimum atomic E-state index is 0.0265. The van der Waals surface area contributed by atoms with Gasteiger partial charge in [0.1, 0.15) is 5.75 Å². The van der Waals surface area contributed by atoms with Crippen LogP contribution in [0.2, 0.25) is 0 Å². The first-order chi connectivity index (χ1) is 9.10. The van der Waals surface area contributed by atoms with Gasteiger partial charge in [-0.15, -0.1) is 0 Å². The number of rotatable bonds is 5. The monoisotopic (exact) mass is 262 g/mol. The van der Waals surface area contributed by atoms with Crippen molar-refractivity contribution in [3.8, 4) is 5.75 Å². The van der Waals surface area contributed by atoms with Gasteiger partial charge in [-0.3, -0.25) is 4.79 Å². The Balaban J connectivity index is 2.05. The molecule has 0 radical (unpaired) electrons. The summed E-state index contributed by atoms with van der Waals surface area (Å²) < 4.78 is 5.15. The molecule has 0 unspecified atom stereocenters. The lowest BCUT2D eigenvalue weighted by atomic mass is 9.68. The van der Waals surface area contributed by atoms with Crippen LogP contribution in [0.1, 0.15) is 29.6 Å². The summed E-state index contributed by atoms with van der Waals surface area (Å²) in [4.78, 5) is 14.2. The summed E-state index contributed by atoms with van der Waals surface area (Å²) in [6.45, 7) is 1.39. The topological polar surface area (TPSA) is 55.6 Å².